The summed E-state index contributed by atoms with van der Waals surface area (Å²) in [6.07, 6.45) is 2.57. The van der Waals surface area contributed by atoms with Gasteiger partial charge in [0.1, 0.15) is 12.1 Å². The van der Waals surface area contributed by atoms with Gasteiger partial charge in [0.05, 0.1) is 16.4 Å². The molecule has 3 aromatic heterocycles. The summed E-state index contributed by atoms with van der Waals surface area (Å²) >= 11 is 1.67. The van der Waals surface area contributed by atoms with Gasteiger partial charge in [0, 0.05) is 23.4 Å². The molecule has 0 aliphatic carbocycles. The summed E-state index contributed by atoms with van der Waals surface area (Å²) in [5.41, 5.74) is 1.49. The van der Waals surface area contributed by atoms with Crippen molar-refractivity contribution in [1.29, 1.82) is 0 Å². The molecule has 0 radical (unpaired) electrons. The number of rotatable bonds is 5. The Morgan fingerprint density at radius 2 is 2.17 bits per heavy atom. The first-order chi connectivity index (χ1) is 11.1. The minimum atomic E-state index is -0.211. The van der Waals surface area contributed by atoms with Gasteiger partial charge in [0.2, 0.25) is 5.91 Å². The van der Waals surface area contributed by atoms with Gasteiger partial charge < -0.3 is 9.88 Å². The normalized spacial score (nSPS) is 11.4. The molecule has 23 heavy (non-hydrogen) atoms. The minimum absolute atomic E-state index is 0.0453. The zero-order valence-electron chi connectivity index (χ0n) is 13.5. The van der Waals surface area contributed by atoms with Gasteiger partial charge >= 0.3 is 0 Å². The molecule has 7 heteroatoms. The molecule has 1 N–H and O–H groups in total. The van der Waals surface area contributed by atoms with E-state index in [0.29, 0.717) is 18.6 Å². The van der Waals surface area contributed by atoms with E-state index in [9.17, 15) is 9.59 Å². The Morgan fingerprint density at radius 1 is 1.39 bits per heavy atom. The number of carbonyl (C=O) groups is 1. The summed E-state index contributed by atoms with van der Waals surface area (Å²) in [4.78, 5) is 25.8. The summed E-state index contributed by atoms with van der Waals surface area (Å²) in [6, 6.07) is 2.10. The molecule has 0 aliphatic rings. The number of aromatic nitrogens is 3. The number of aryl methyl sites for hydroxylation is 2. The van der Waals surface area contributed by atoms with E-state index in [1.807, 2.05) is 18.4 Å². The fourth-order valence-electron chi connectivity index (χ4n) is 2.82. The largest absolute Gasteiger partial charge is 0.355 e. The third-order valence-electron chi connectivity index (χ3n) is 3.84. The van der Waals surface area contributed by atoms with Crippen molar-refractivity contribution in [3.63, 3.8) is 0 Å². The fourth-order valence-corrected chi connectivity index (χ4v) is 3.84. The molecule has 0 spiro atoms. The van der Waals surface area contributed by atoms with Crippen LogP contribution >= 0.6 is 11.3 Å². The zero-order valence-corrected chi connectivity index (χ0v) is 14.4. The second kappa shape index (κ2) is 6.16. The summed E-state index contributed by atoms with van der Waals surface area (Å²) in [5.74, 6) is -0.187. The van der Waals surface area contributed by atoms with E-state index in [2.05, 4.69) is 23.4 Å². The molecule has 0 atom stereocenters. The Labute approximate surface area is 137 Å². The molecule has 122 valence electrons. The third kappa shape index (κ3) is 2.65. The maximum Gasteiger partial charge on any atom is 0.291 e. The van der Waals surface area contributed by atoms with Crippen molar-refractivity contribution in [2.45, 2.75) is 40.3 Å². The number of hydrogen-bond acceptors (Lipinski definition) is 4. The maximum atomic E-state index is 12.8. The van der Waals surface area contributed by atoms with Crippen LogP contribution in [0.2, 0.25) is 0 Å². The molecular weight excluding hydrogens is 312 g/mol. The summed E-state index contributed by atoms with van der Waals surface area (Å²) in [7, 11) is 0. The van der Waals surface area contributed by atoms with Gasteiger partial charge in [-0.2, -0.15) is 5.10 Å². The lowest BCUT2D eigenvalue weighted by molar-refractivity contribution is -0.121. The molecule has 6 nitrogen and oxygen atoms in total. The predicted molar refractivity (Wildman–Crippen MR) is 93.1 cm³/mol. The Balaban J connectivity index is 2.12. The molecule has 3 heterocycles. The van der Waals surface area contributed by atoms with Crippen LogP contribution in [0, 0.1) is 6.92 Å². The van der Waals surface area contributed by atoms with Crippen LogP contribution in [0.25, 0.3) is 21.1 Å². The van der Waals surface area contributed by atoms with Crippen LogP contribution in [0.5, 0.6) is 0 Å². The van der Waals surface area contributed by atoms with Crippen LogP contribution in [0.1, 0.15) is 25.1 Å². The van der Waals surface area contributed by atoms with Gasteiger partial charge in [-0.1, -0.05) is 6.92 Å². The van der Waals surface area contributed by atoms with Crippen molar-refractivity contribution in [3.8, 4) is 0 Å². The highest BCUT2D eigenvalue weighted by atomic mass is 32.1. The molecular formula is C16H20N4O2S. The molecule has 0 saturated carbocycles. The summed E-state index contributed by atoms with van der Waals surface area (Å²) in [6.45, 7) is 7.33. The molecule has 0 unspecified atom stereocenters. The fraction of sp³-hybridized carbons (Fsp3) is 0.438. The first-order valence-electron chi connectivity index (χ1n) is 7.82. The molecule has 3 rings (SSSR count). The van der Waals surface area contributed by atoms with E-state index >= 15 is 0 Å². The number of hydrogen-bond donors (Lipinski definition) is 1. The summed E-state index contributed by atoms with van der Waals surface area (Å²) < 4.78 is 4.35. The molecule has 0 bridgehead atoms. The SMILES string of the molecule is CCCNC(=O)Cn1ncc2c3sc(C)cc3n(CC)c2c1=O. The first-order valence-corrected chi connectivity index (χ1v) is 8.63. The monoisotopic (exact) mass is 332 g/mol. The molecule has 0 saturated heterocycles. The van der Waals surface area contributed by atoms with Crippen molar-refractivity contribution >= 4 is 38.4 Å². The highest BCUT2D eigenvalue weighted by molar-refractivity contribution is 7.20. The topological polar surface area (TPSA) is 68.9 Å². The third-order valence-corrected chi connectivity index (χ3v) is 4.91. The lowest BCUT2D eigenvalue weighted by Crippen LogP contribution is -2.34. The number of thiophene rings is 1. The Kier molecular flexibility index (Phi) is 4.21. The van der Waals surface area contributed by atoms with Crippen LogP contribution in [0.4, 0.5) is 0 Å². The molecule has 3 aromatic rings. The maximum absolute atomic E-state index is 12.8. The number of nitrogens with one attached hydrogen (secondary N) is 1. The van der Waals surface area contributed by atoms with Gasteiger partial charge in [-0.25, -0.2) is 4.68 Å². The predicted octanol–water partition coefficient (Wildman–Crippen LogP) is 2.27. The van der Waals surface area contributed by atoms with Gasteiger partial charge in [0.25, 0.3) is 5.56 Å². The van der Waals surface area contributed by atoms with Crippen molar-refractivity contribution in [3.05, 3.63) is 27.5 Å². The van der Waals surface area contributed by atoms with Crippen molar-refractivity contribution in [1.82, 2.24) is 19.7 Å². The van der Waals surface area contributed by atoms with Crippen LogP contribution in [-0.4, -0.2) is 26.8 Å². The number of amides is 1. The van der Waals surface area contributed by atoms with Crippen LogP contribution in [0.15, 0.2) is 17.1 Å². The highest BCUT2D eigenvalue weighted by Crippen LogP contribution is 2.33. The van der Waals surface area contributed by atoms with Crippen molar-refractivity contribution < 1.29 is 4.79 Å². The van der Waals surface area contributed by atoms with Gasteiger partial charge in [-0.15, -0.1) is 11.3 Å². The van der Waals surface area contributed by atoms with E-state index < -0.39 is 0 Å². The van der Waals surface area contributed by atoms with E-state index in [1.54, 1.807) is 17.5 Å². The van der Waals surface area contributed by atoms with E-state index in [1.165, 1.54) is 9.56 Å². The van der Waals surface area contributed by atoms with E-state index in [0.717, 1.165) is 22.0 Å². The van der Waals surface area contributed by atoms with Crippen molar-refractivity contribution in [2.24, 2.45) is 0 Å². The minimum Gasteiger partial charge on any atom is -0.355 e. The lowest BCUT2D eigenvalue weighted by Gasteiger charge is -2.07. The second-order valence-corrected chi connectivity index (χ2v) is 6.79. The number of carbonyl (C=O) groups excluding carboxylic acids is 1. The standard InChI is InChI=1S/C16H20N4O2S/c1-4-6-17-13(21)9-20-16(22)14-11(8-18-20)15-12(19(14)5-2)7-10(3)23-15/h7-8H,4-6,9H2,1-3H3,(H,17,21). The van der Waals surface area contributed by atoms with Gasteiger partial charge in [-0.05, 0) is 26.3 Å². The highest BCUT2D eigenvalue weighted by Gasteiger charge is 2.17. The average molecular weight is 332 g/mol. The molecule has 0 aromatic carbocycles. The smallest absolute Gasteiger partial charge is 0.291 e. The lowest BCUT2D eigenvalue weighted by atomic mass is 10.3. The Morgan fingerprint density at radius 3 is 2.87 bits per heavy atom. The van der Waals surface area contributed by atoms with E-state index in [-0.39, 0.29) is 18.0 Å². The Hall–Kier alpha value is -2.15. The summed E-state index contributed by atoms with van der Waals surface area (Å²) in [5, 5.41) is 7.84. The molecule has 0 fully saturated rings. The molecule has 0 aliphatic heterocycles. The molecule has 1 amide bonds. The number of nitrogens with zero attached hydrogens (tertiary/aromatic N) is 3. The Bertz CT molecular complexity index is 935. The van der Waals surface area contributed by atoms with Crippen LogP contribution in [0.3, 0.4) is 0 Å². The van der Waals surface area contributed by atoms with E-state index in [4.69, 9.17) is 0 Å². The van der Waals surface area contributed by atoms with Crippen LogP contribution < -0.4 is 10.9 Å². The first kappa shape index (κ1) is 15.7. The second-order valence-electron chi connectivity index (χ2n) is 5.54. The van der Waals surface area contributed by atoms with Crippen LogP contribution in [-0.2, 0) is 17.9 Å². The number of fused-ring (bicyclic) bond motifs is 3. The quantitative estimate of drug-likeness (QED) is 0.779. The zero-order chi connectivity index (χ0) is 16.6. The van der Waals surface area contributed by atoms with Gasteiger partial charge in [0.15, 0.2) is 0 Å². The average Bonchev–Trinajstić information content (AvgIpc) is 3.03. The van der Waals surface area contributed by atoms with Crippen molar-refractivity contribution in [2.75, 3.05) is 6.54 Å². The van der Waals surface area contributed by atoms with Gasteiger partial charge in [-0.3, -0.25) is 9.59 Å².